The van der Waals surface area contributed by atoms with Crippen LogP contribution in [0.2, 0.25) is 0 Å². The quantitative estimate of drug-likeness (QED) is 0.416. The van der Waals surface area contributed by atoms with Crippen LogP contribution in [0.25, 0.3) is 6.08 Å². The summed E-state index contributed by atoms with van der Waals surface area (Å²) in [6.07, 6.45) is 6.47. The normalized spacial score (nSPS) is 14.8. The van der Waals surface area contributed by atoms with Crippen molar-refractivity contribution in [2.24, 2.45) is 0 Å². The summed E-state index contributed by atoms with van der Waals surface area (Å²) in [5, 5.41) is 13.0. The van der Waals surface area contributed by atoms with Crippen molar-refractivity contribution in [3.8, 4) is 23.8 Å². The number of urea groups is 1. The molecule has 0 radical (unpaired) electrons. The molecular formula is C22H15N2O7-. The Morgan fingerprint density at radius 3 is 2.48 bits per heavy atom. The molecule has 1 N–H and O–H groups in total. The van der Waals surface area contributed by atoms with E-state index >= 15 is 0 Å². The summed E-state index contributed by atoms with van der Waals surface area (Å²) in [4.78, 5) is 49.1. The van der Waals surface area contributed by atoms with E-state index in [1.54, 1.807) is 12.1 Å². The van der Waals surface area contributed by atoms with Gasteiger partial charge in [-0.05, 0) is 41.5 Å². The van der Waals surface area contributed by atoms with Crippen LogP contribution in [0.15, 0.2) is 48.0 Å². The van der Waals surface area contributed by atoms with Crippen LogP contribution in [0.5, 0.6) is 11.5 Å². The van der Waals surface area contributed by atoms with Gasteiger partial charge in [0.05, 0.1) is 18.8 Å². The highest BCUT2D eigenvalue weighted by molar-refractivity contribution is 6.39. The van der Waals surface area contributed by atoms with E-state index < -0.39 is 23.8 Å². The van der Waals surface area contributed by atoms with Crippen LogP contribution in [0.4, 0.5) is 10.5 Å². The molecule has 0 saturated carbocycles. The molecule has 0 spiro atoms. The van der Waals surface area contributed by atoms with Gasteiger partial charge in [-0.2, -0.15) is 0 Å². The monoisotopic (exact) mass is 419 g/mol. The summed E-state index contributed by atoms with van der Waals surface area (Å²) in [5.41, 5.74) is 0.0918. The van der Waals surface area contributed by atoms with Gasteiger partial charge in [0.1, 0.15) is 12.2 Å². The first-order valence-electron chi connectivity index (χ1n) is 8.83. The number of benzene rings is 2. The highest BCUT2D eigenvalue weighted by Crippen LogP contribution is 2.30. The molecule has 1 saturated heterocycles. The van der Waals surface area contributed by atoms with E-state index in [2.05, 4.69) is 11.2 Å². The summed E-state index contributed by atoms with van der Waals surface area (Å²) in [7, 11) is 1.42. The minimum Gasteiger partial charge on any atom is -0.545 e. The number of carboxylic acid groups (broad SMARTS) is 1. The molecule has 4 amide bonds. The number of carbonyl (C=O) groups excluding carboxylic acids is 4. The number of amides is 4. The number of anilines is 1. The van der Waals surface area contributed by atoms with Crippen LogP contribution >= 0.6 is 0 Å². The number of carbonyl (C=O) groups is 4. The number of nitrogens with one attached hydrogen (secondary N) is 1. The van der Waals surface area contributed by atoms with Crippen molar-refractivity contribution in [1.82, 2.24) is 5.32 Å². The van der Waals surface area contributed by atoms with E-state index in [0.717, 1.165) is 4.90 Å². The third-order valence-corrected chi connectivity index (χ3v) is 4.27. The van der Waals surface area contributed by atoms with Gasteiger partial charge in [0, 0.05) is 0 Å². The standard InChI is InChI=1S/C22H16N2O7/c1-3-10-31-17-9-4-13(12-18(17)30-2)11-16-19(25)23-22(29)24(20(16)26)15-7-5-14(6-8-15)21(27)28/h1,4-9,11-12H,10H2,2H3,(H,27,28)(H,23,25,29)/p-1/b16-11-. The van der Waals surface area contributed by atoms with Gasteiger partial charge in [0.2, 0.25) is 0 Å². The van der Waals surface area contributed by atoms with Crippen molar-refractivity contribution in [2.75, 3.05) is 18.6 Å². The third kappa shape index (κ3) is 4.38. The summed E-state index contributed by atoms with van der Waals surface area (Å²) in [6.45, 7) is 0.0332. The largest absolute Gasteiger partial charge is 0.545 e. The molecule has 0 unspecified atom stereocenters. The number of imide groups is 2. The van der Waals surface area contributed by atoms with E-state index in [1.165, 1.54) is 43.5 Å². The number of barbiturate groups is 1. The molecule has 31 heavy (non-hydrogen) atoms. The lowest BCUT2D eigenvalue weighted by molar-refractivity contribution is -0.255. The molecule has 2 aromatic rings. The first-order valence-corrected chi connectivity index (χ1v) is 8.83. The molecule has 0 bridgehead atoms. The van der Waals surface area contributed by atoms with Crippen molar-refractivity contribution in [3.05, 3.63) is 59.2 Å². The number of methoxy groups -OCH3 is 1. The molecule has 0 aromatic heterocycles. The Hall–Kier alpha value is -4.58. The first-order chi connectivity index (χ1) is 14.8. The van der Waals surface area contributed by atoms with Crippen molar-refractivity contribution in [3.63, 3.8) is 0 Å². The van der Waals surface area contributed by atoms with E-state index in [1.807, 2.05) is 0 Å². The van der Waals surface area contributed by atoms with Crippen molar-refractivity contribution in [2.45, 2.75) is 0 Å². The first kappa shape index (κ1) is 21.1. The fraction of sp³-hybridized carbons (Fsp3) is 0.0909. The van der Waals surface area contributed by atoms with Crippen molar-refractivity contribution >= 4 is 35.6 Å². The minimum absolute atomic E-state index is 0.0332. The fourth-order valence-corrected chi connectivity index (χ4v) is 2.82. The van der Waals surface area contributed by atoms with Gasteiger partial charge in [-0.1, -0.05) is 24.1 Å². The van der Waals surface area contributed by atoms with E-state index in [0.29, 0.717) is 17.1 Å². The van der Waals surface area contributed by atoms with Gasteiger partial charge in [0.15, 0.2) is 11.5 Å². The van der Waals surface area contributed by atoms with Gasteiger partial charge < -0.3 is 19.4 Å². The number of terminal acetylenes is 1. The Bertz CT molecular complexity index is 1140. The van der Waals surface area contributed by atoms with Crippen molar-refractivity contribution in [1.29, 1.82) is 0 Å². The summed E-state index contributed by atoms with van der Waals surface area (Å²) < 4.78 is 10.6. The number of hydrogen-bond donors (Lipinski definition) is 1. The summed E-state index contributed by atoms with van der Waals surface area (Å²) in [5.74, 6) is -0.100. The molecule has 1 fully saturated rings. The zero-order valence-corrected chi connectivity index (χ0v) is 16.2. The second-order valence-electron chi connectivity index (χ2n) is 6.20. The minimum atomic E-state index is -1.40. The SMILES string of the molecule is C#CCOc1ccc(/C=C2/C(=O)NC(=O)N(c3ccc(C(=O)[O-])cc3)C2=O)cc1OC. The topological polar surface area (TPSA) is 125 Å². The fourth-order valence-electron chi connectivity index (χ4n) is 2.82. The Labute approximate surface area is 176 Å². The van der Waals surface area contributed by atoms with Gasteiger partial charge in [-0.25, -0.2) is 9.69 Å². The average molecular weight is 419 g/mol. The number of hydrogen-bond acceptors (Lipinski definition) is 7. The molecule has 1 aliphatic heterocycles. The summed E-state index contributed by atoms with van der Waals surface area (Å²) in [6, 6.07) is 8.62. The molecule has 0 atom stereocenters. The summed E-state index contributed by atoms with van der Waals surface area (Å²) >= 11 is 0. The number of carboxylic acids is 1. The average Bonchev–Trinajstić information content (AvgIpc) is 2.75. The molecule has 3 rings (SSSR count). The maximum absolute atomic E-state index is 12.9. The molecular weight excluding hydrogens is 404 g/mol. The molecule has 156 valence electrons. The highest BCUT2D eigenvalue weighted by Gasteiger charge is 2.36. The third-order valence-electron chi connectivity index (χ3n) is 4.27. The van der Waals surface area contributed by atoms with E-state index in [4.69, 9.17) is 15.9 Å². The molecule has 1 aliphatic rings. The van der Waals surface area contributed by atoms with Crippen LogP contribution in [0.1, 0.15) is 15.9 Å². The van der Waals surface area contributed by atoms with E-state index in [-0.39, 0.29) is 23.4 Å². The van der Waals surface area contributed by atoms with E-state index in [9.17, 15) is 24.3 Å². The van der Waals surface area contributed by atoms with Crippen LogP contribution in [0, 0.1) is 12.3 Å². The number of aromatic carboxylic acids is 1. The number of rotatable bonds is 6. The maximum atomic E-state index is 12.9. The highest BCUT2D eigenvalue weighted by atomic mass is 16.5. The van der Waals surface area contributed by atoms with Crippen LogP contribution < -0.4 is 24.8 Å². The zero-order valence-electron chi connectivity index (χ0n) is 16.2. The Balaban J connectivity index is 1.95. The molecule has 2 aromatic carbocycles. The Kier molecular flexibility index (Phi) is 6.02. The maximum Gasteiger partial charge on any atom is 0.335 e. The lowest BCUT2D eigenvalue weighted by atomic mass is 10.1. The van der Waals surface area contributed by atoms with Crippen LogP contribution in [-0.4, -0.2) is 37.5 Å². The van der Waals surface area contributed by atoms with Gasteiger partial charge in [-0.15, -0.1) is 6.42 Å². The molecule has 0 aliphatic carbocycles. The number of ether oxygens (including phenoxy) is 2. The second kappa shape index (κ2) is 8.84. The Morgan fingerprint density at radius 2 is 1.87 bits per heavy atom. The predicted molar refractivity (Wildman–Crippen MR) is 107 cm³/mol. The van der Waals surface area contributed by atoms with Crippen molar-refractivity contribution < 1.29 is 33.8 Å². The molecule has 9 nitrogen and oxygen atoms in total. The second-order valence-corrected chi connectivity index (χ2v) is 6.20. The van der Waals surface area contributed by atoms with Gasteiger partial charge >= 0.3 is 6.03 Å². The van der Waals surface area contributed by atoms with Crippen LogP contribution in [-0.2, 0) is 9.59 Å². The lowest BCUT2D eigenvalue weighted by Crippen LogP contribution is -2.54. The zero-order chi connectivity index (χ0) is 22.5. The smallest absolute Gasteiger partial charge is 0.335 e. The number of nitrogens with zero attached hydrogens (tertiary/aromatic N) is 1. The van der Waals surface area contributed by atoms with Gasteiger partial charge in [-0.3, -0.25) is 14.9 Å². The molecule has 1 heterocycles. The van der Waals surface area contributed by atoms with Crippen LogP contribution in [0.3, 0.4) is 0 Å². The Morgan fingerprint density at radius 1 is 1.16 bits per heavy atom. The lowest BCUT2D eigenvalue weighted by Gasteiger charge is -2.26. The van der Waals surface area contributed by atoms with Gasteiger partial charge in [0.25, 0.3) is 11.8 Å². The molecule has 9 heteroatoms. The predicted octanol–water partition coefficient (Wildman–Crippen LogP) is 0.737.